The van der Waals surface area contributed by atoms with Crippen LogP contribution >= 0.6 is 11.6 Å². The Kier molecular flexibility index (Phi) is 4.90. The van der Waals surface area contributed by atoms with Gasteiger partial charge in [-0.05, 0) is 18.2 Å². The molecule has 0 aliphatic heterocycles. The van der Waals surface area contributed by atoms with Gasteiger partial charge in [0.05, 0.1) is 24.9 Å². The monoisotopic (exact) mass is 323 g/mol. The van der Waals surface area contributed by atoms with E-state index < -0.39 is 6.03 Å². The molecule has 0 saturated carbocycles. The van der Waals surface area contributed by atoms with Crippen molar-refractivity contribution in [3.63, 3.8) is 0 Å². The molecule has 0 aliphatic carbocycles. The average Bonchev–Trinajstić information content (AvgIpc) is 2.50. The number of rotatable bonds is 4. The fourth-order valence-corrected chi connectivity index (χ4v) is 1.95. The van der Waals surface area contributed by atoms with Gasteiger partial charge in [-0.15, -0.1) is 0 Å². The van der Waals surface area contributed by atoms with Crippen LogP contribution in [0, 0.1) is 0 Å². The van der Waals surface area contributed by atoms with Crippen molar-refractivity contribution in [1.29, 1.82) is 0 Å². The van der Waals surface area contributed by atoms with Crippen molar-refractivity contribution < 1.29 is 19.4 Å². The smallest absolute Gasteiger partial charge is 0.325 e. The SMILES string of the molecule is COc1cc(OC)c(NC(=O)Nc2ncccc2O)cc1Cl. The van der Waals surface area contributed by atoms with Crippen LogP contribution < -0.4 is 20.1 Å². The van der Waals surface area contributed by atoms with Crippen LogP contribution in [0.3, 0.4) is 0 Å². The number of benzene rings is 1. The summed E-state index contributed by atoms with van der Waals surface area (Å²) in [7, 11) is 2.93. The molecule has 0 spiro atoms. The zero-order valence-corrected chi connectivity index (χ0v) is 12.6. The van der Waals surface area contributed by atoms with Crippen LogP contribution in [-0.2, 0) is 0 Å². The minimum atomic E-state index is -0.603. The zero-order chi connectivity index (χ0) is 16.1. The number of aromatic nitrogens is 1. The Morgan fingerprint density at radius 1 is 1.23 bits per heavy atom. The molecule has 0 aliphatic rings. The van der Waals surface area contributed by atoms with E-state index >= 15 is 0 Å². The number of methoxy groups -OCH3 is 2. The van der Waals surface area contributed by atoms with E-state index in [0.717, 1.165) is 0 Å². The molecule has 116 valence electrons. The van der Waals surface area contributed by atoms with E-state index in [1.54, 1.807) is 12.1 Å². The molecule has 1 heterocycles. The second kappa shape index (κ2) is 6.86. The summed E-state index contributed by atoms with van der Waals surface area (Å²) in [6, 6.07) is 5.40. The summed E-state index contributed by atoms with van der Waals surface area (Å²) in [6.07, 6.45) is 1.44. The van der Waals surface area contributed by atoms with Crippen LogP contribution in [0.1, 0.15) is 0 Å². The molecule has 2 aromatic rings. The summed E-state index contributed by atoms with van der Waals surface area (Å²) >= 11 is 6.02. The molecule has 0 atom stereocenters. The highest BCUT2D eigenvalue weighted by atomic mass is 35.5. The molecule has 0 unspecified atom stereocenters. The van der Waals surface area contributed by atoms with Gasteiger partial charge in [0.25, 0.3) is 0 Å². The van der Waals surface area contributed by atoms with E-state index in [1.807, 2.05) is 0 Å². The van der Waals surface area contributed by atoms with Crippen molar-refractivity contribution in [2.75, 3.05) is 24.9 Å². The van der Waals surface area contributed by atoms with Crippen LogP contribution in [0.4, 0.5) is 16.3 Å². The molecule has 0 fully saturated rings. The molecule has 8 heteroatoms. The van der Waals surface area contributed by atoms with Crippen LogP contribution in [0.5, 0.6) is 17.2 Å². The fourth-order valence-electron chi connectivity index (χ4n) is 1.71. The van der Waals surface area contributed by atoms with Gasteiger partial charge in [0, 0.05) is 12.3 Å². The summed E-state index contributed by atoms with van der Waals surface area (Å²) in [4.78, 5) is 15.8. The number of nitrogens with zero attached hydrogens (tertiary/aromatic N) is 1. The molecule has 7 nitrogen and oxygen atoms in total. The van der Waals surface area contributed by atoms with E-state index in [2.05, 4.69) is 15.6 Å². The van der Waals surface area contributed by atoms with Crippen molar-refractivity contribution in [2.24, 2.45) is 0 Å². The average molecular weight is 324 g/mol. The summed E-state index contributed by atoms with van der Waals surface area (Å²) in [5.74, 6) is 0.699. The van der Waals surface area contributed by atoms with Crippen LogP contribution in [0.15, 0.2) is 30.5 Å². The topological polar surface area (TPSA) is 92.7 Å². The van der Waals surface area contributed by atoms with Gasteiger partial charge in [-0.3, -0.25) is 5.32 Å². The third kappa shape index (κ3) is 3.50. The maximum atomic E-state index is 12.0. The molecule has 22 heavy (non-hydrogen) atoms. The summed E-state index contributed by atoms with van der Waals surface area (Å²) in [6.45, 7) is 0. The lowest BCUT2D eigenvalue weighted by Gasteiger charge is -2.13. The quantitative estimate of drug-likeness (QED) is 0.804. The lowest BCUT2D eigenvalue weighted by molar-refractivity contribution is 0.262. The first-order chi connectivity index (χ1) is 10.5. The first kappa shape index (κ1) is 15.7. The molecule has 1 aromatic carbocycles. The van der Waals surface area contributed by atoms with Gasteiger partial charge in [-0.25, -0.2) is 9.78 Å². The molecule has 0 saturated heterocycles. The first-order valence-electron chi connectivity index (χ1n) is 6.18. The molecule has 0 radical (unpaired) electrons. The Hall–Kier alpha value is -2.67. The molecule has 0 bridgehead atoms. The number of anilines is 2. The third-order valence-electron chi connectivity index (χ3n) is 2.74. The van der Waals surface area contributed by atoms with Crippen molar-refractivity contribution in [2.45, 2.75) is 0 Å². The first-order valence-corrected chi connectivity index (χ1v) is 6.56. The van der Waals surface area contributed by atoms with E-state index in [1.165, 1.54) is 32.5 Å². The zero-order valence-electron chi connectivity index (χ0n) is 11.9. The number of carbonyl (C=O) groups is 1. The number of halogens is 1. The highest BCUT2D eigenvalue weighted by Gasteiger charge is 2.13. The lowest BCUT2D eigenvalue weighted by atomic mass is 10.2. The highest BCUT2D eigenvalue weighted by molar-refractivity contribution is 6.32. The summed E-state index contributed by atoms with van der Waals surface area (Å²) in [5.41, 5.74) is 0.348. The Morgan fingerprint density at radius 2 is 1.95 bits per heavy atom. The van der Waals surface area contributed by atoms with Gasteiger partial charge in [0.15, 0.2) is 11.6 Å². The third-order valence-corrected chi connectivity index (χ3v) is 3.04. The van der Waals surface area contributed by atoms with Gasteiger partial charge >= 0.3 is 6.03 Å². The number of hydrogen-bond acceptors (Lipinski definition) is 5. The number of pyridine rings is 1. The van der Waals surface area contributed by atoms with E-state index in [4.69, 9.17) is 21.1 Å². The summed E-state index contributed by atoms with van der Waals surface area (Å²) in [5, 5.41) is 14.9. The van der Waals surface area contributed by atoms with Crippen molar-refractivity contribution >= 4 is 29.1 Å². The van der Waals surface area contributed by atoms with Gasteiger partial charge in [-0.1, -0.05) is 11.6 Å². The number of hydrogen-bond donors (Lipinski definition) is 3. The highest BCUT2D eigenvalue weighted by Crippen LogP contribution is 2.36. The minimum Gasteiger partial charge on any atom is -0.504 e. The second-order valence-corrected chi connectivity index (χ2v) is 4.54. The van der Waals surface area contributed by atoms with Gasteiger partial charge < -0.3 is 19.9 Å². The summed E-state index contributed by atoms with van der Waals surface area (Å²) < 4.78 is 10.2. The number of amides is 2. The Labute approximate surface area is 131 Å². The van der Waals surface area contributed by atoms with E-state index in [-0.39, 0.29) is 11.6 Å². The van der Waals surface area contributed by atoms with Gasteiger partial charge in [0.2, 0.25) is 0 Å². The number of carbonyl (C=O) groups excluding carboxylic acids is 1. The molecule has 3 N–H and O–H groups in total. The van der Waals surface area contributed by atoms with Crippen molar-refractivity contribution in [1.82, 2.24) is 4.98 Å². The van der Waals surface area contributed by atoms with E-state index in [0.29, 0.717) is 22.2 Å². The van der Waals surface area contributed by atoms with Gasteiger partial charge in [-0.2, -0.15) is 0 Å². The number of nitrogens with one attached hydrogen (secondary N) is 2. The van der Waals surface area contributed by atoms with Crippen LogP contribution in [-0.4, -0.2) is 30.3 Å². The maximum Gasteiger partial charge on any atom is 0.325 e. The Bertz CT molecular complexity index is 694. The van der Waals surface area contributed by atoms with Crippen molar-refractivity contribution in [3.05, 3.63) is 35.5 Å². The van der Waals surface area contributed by atoms with E-state index in [9.17, 15) is 9.90 Å². The Balaban J connectivity index is 2.18. The van der Waals surface area contributed by atoms with Crippen LogP contribution in [0.2, 0.25) is 5.02 Å². The van der Waals surface area contributed by atoms with Gasteiger partial charge in [0.1, 0.15) is 11.5 Å². The molecule has 2 rings (SSSR count). The molecule has 2 amide bonds. The fraction of sp³-hybridized carbons (Fsp3) is 0.143. The molecule has 1 aromatic heterocycles. The second-order valence-electron chi connectivity index (χ2n) is 4.14. The molecular weight excluding hydrogens is 310 g/mol. The number of urea groups is 1. The maximum absolute atomic E-state index is 12.0. The van der Waals surface area contributed by atoms with Crippen molar-refractivity contribution in [3.8, 4) is 17.2 Å². The largest absolute Gasteiger partial charge is 0.504 e. The predicted octanol–water partition coefficient (Wildman–Crippen LogP) is 3.10. The predicted molar refractivity (Wildman–Crippen MR) is 83.1 cm³/mol. The number of ether oxygens (including phenoxy) is 2. The molecular formula is C14H14ClN3O4. The Morgan fingerprint density at radius 3 is 2.59 bits per heavy atom. The lowest BCUT2D eigenvalue weighted by Crippen LogP contribution is -2.20. The number of aromatic hydroxyl groups is 1. The standard InChI is InChI=1S/C14H14ClN3O4/c1-21-11-7-12(22-2)9(6-8(11)15)17-14(20)18-13-10(19)4-3-5-16-13/h3-7,19H,1-2H3,(H2,16,17,18,20). The van der Waals surface area contributed by atoms with Crippen LogP contribution in [0.25, 0.3) is 0 Å². The minimum absolute atomic E-state index is 0.0403. The normalized spacial score (nSPS) is 9.95.